The zero-order chi connectivity index (χ0) is 14.4. The molecule has 1 atom stereocenters. The number of fused-ring (bicyclic) bond motifs is 1. The minimum absolute atomic E-state index is 0.0136. The number of anilines is 1. The van der Waals surface area contributed by atoms with E-state index in [1.165, 1.54) is 11.3 Å². The highest BCUT2D eigenvalue weighted by molar-refractivity contribution is 7.16. The zero-order valence-corrected chi connectivity index (χ0v) is 12.2. The molecule has 0 amide bonds. The van der Waals surface area contributed by atoms with Crippen molar-refractivity contribution in [2.75, 3.05) is 12.3 Å². The highest BCUT2D eigenvalue weighted by Gasteiger charge is 2.29. The van der Waals surface area contributed by atoms with Crippen LogP contribution in [0.3, 0.4) is 0 Å². The molecule has 3 aromatic rings. The molecule has 3 heterocycles. The molecule has 0 saturated carbocycles. The summed E-state index contributed by atoms with van der Waals surface area (Å²) in [6.07, 6.45) is 0. The molecule has 0 spiro atoms. The molecule has 0 fully saturated rings. The molecule has 0 aliphatic carbocycles. The lowest BCUT2D eigenvalue weighted by molar-refractivity contribution is 0.335. The van der Waals surface area contributed by atoms with Gasteiger partial charge in [-0.1, -0.05) is 23.4 Å². The van der Waals surface area contributed by atoms with Gasteiger partial charge in [0.05, 0.1) is 16.5 Å². The quantitative estimate of drug-likeness (QED) is 0.786. The molecular formula is C15H13N3O2S. The van der Waals surface area contributed by atoms with Crippen LogP contribution in [0.4, 0.5) is 5.00 Å². The third-order valence-corrected chi connectivity index (χ3v) is 4.45. The van der Waals surface area contributed by atoms with Gasteiger partial charge in [-0.25, -0.2) is 0 Å². The van der Waals surface area contributed by atoms with Crippen LogP contribution in [-0.2, 0) is 0 Å². The maximum Gasteiger partial charge on any atom is 0.260 e. The first-order valence-corrected chi connectivity index (χ1v) is 7.45. The number of para-hydroxylation sites is 1. The van der Waals surface area contributed by atoms with Gasteiger partial charge in [0.25, 0.3) is 5.89 Å². The highest BCUT2D eigenvalue weighted by Crippen LogP contribution is 2.38. The Morgan fingerprint density at radius 1 is 1.33 bits per heavy atom. The summed E-state index contributed by atoms with van der Waals surface area (Å²) < 4.78 is 11.0. The average Bonchev–Trinajstić information content (AvgIpc) is 3.16. The second kappa shape index (κ2) is 4.60. The van der Waals surface area contributed by atoms with E-state index in [-0.39, 0.29) is 5.92 Å². The Bertz CT molecular complexity index is 809. The summed E-state index contributed by atoms with van der Waals surface area (Å²) in [5.41, 5.74) is 7.88. The van der Waals surface area contributed by atoms with E-state index in [4.69, 9.17) is 15.0 Å². The van der Waals surface area contributed by atoms with Gasteiger partial charge in [0.15, 0.2) is 5.82 Å². The second-order valence-electron chi connectivity index (χ2n) is 4.99. The largest absolute Gasteiger partial charge is 0.492 e. The fraction of sp³-hybridized carbons (Fsp3) is 0.200. The van der Waals surface area contributed by atoms with Gasteiger partial charge >= 0.3 is 0 Å². The monoisotopic (exact) mass is 299 g/mol. The minimum Gasteiger partial charge on any atom is -0.492 e. The van der Waals surface area contributed by atoms with Crippen molar-refractivity contribution in [2.45, 2.75) is 12.8 Å². The molecule has 21 heavy (non-hydrogen) atoms. The van der Waals surface area contributed by atoms with Gasteiger partial charge in [0.1, 0.15) is 12.4 Å². The van der Waals surface area contributed by atoms with Crippen molar-refractivity contribution in [2.24, 2.45) is 0 Å². The van der Waals surface area contributed by atoms with Gasteiger partial charge < -0.3 is 15.0 Å². The standard InChI is InChI=1S/C15H13N3O2S/c1-8-6-10(13(16)21-8)15-17-14(18-20-15)11-7-19-12-5-3-2-4-9(11)12/h2-6,11H,7,16H2,1H3. The highest BCUT2D eigenvalue weighted by atomic mass is 32.1. The number of nitrogens with zero attached hydrogens (tertiary/aromatic N) is 2. The predicted octanol–water partition coefficient (Wildman–Crippen LogP) is 3.21. The van der Waals surface area contributed by atoms with Crippen LogP contribution in [0.1, 0.15) is 22.2 Å². The van der Waals surface area contributed by atoms with E-state index in [1.54, 1.807) is 0 Å². The van der Waals surface area contributed by atoms with Gasteiger partial charge in [-0.2, -0.15) is 4.98 Å². The number of thiophene rings is 1. The summed E-state index contributed by atoms with van der Waals surface area (Å²) >= 11 is 1.52. The van der Waals surface area contributed by atoms with Crippen LogP contribution in [0.2, 0.25) is 0 Å². The molecule has 1 aliphatic rings. The first-order chi connectivity index (χ1) is 10.2. The van der Waals surface area contributed by atoms with Gasteiger partial charge in [-0.05, 0) is 19.1 Å². The third kappa shape index (κ3) is 1.99. The van der Waals surface area contributed by atoms with Crippen molar-refractivity contribution in [3.05, 3.63) is 46.6 Å². The van der Waals surface area contributed by atoms with E-state index in [1.807, 2.05) is 37.3 Å². The number of nitrogens with two attached hydrogens (primary N) is 1. The summed E-state index contributed by atoms with van der Waals surface area (Å²) in [6.45, 7) is 2.54. The van der Waals surface area contributed by atoms with E-state index in [9.17, 15) is 0 Å². The van der Waals surface area contributed by atoms with Crippen LogP contribution < -0.4 is 10.5 Å². The lowest BCUT2D eigenvalue weighted by atomic mass is 10.0. The molecule has 0 radical (unpaired) electrons. The molecular weight excluding hydrogens is 286 g/mol. The fourth-order valence-electron chi connectivity index (χ4n) is 2.56. The molecule has 4 rings (SSSR count). The number of benzene rings is 1. The Morgan fingerprint density at radius 2 is 2.19 bits per heavy atom. The Morgan fingerprint density at radius 3 is 3.00 bits per heavy atom. The molecule has 1 unspecified atom stereocenters. The molecule has 2 aromatic heterocycles. The van der Waals surface area contributed by atoms with Crippen LogP contribution in [0.15, 0.2) is 34.9 Å². The molecule has 2 N–H and O–H groups in total. The smallest absolute Gasteiger partial charge is 0.260 e. The van der Waals surface area contributed by atoms with Crippen LogP contribution in [0.25, 0.3) is 11.5 Å². The summed E-state index contributed by atoms with van der Waals surface area (Å²) in [4.78, 5) is 5.63. The van der Waals surface area contributed by atoms with Crippen molar-refractivity contribution in [3.63, 3.8) is 0 Å². The van der Waals surface area contributed by atoms with Gasteiger partial charge in [0, 0.05) is 10.4 Å². The Balaban J connectivity index is 1.71. The average molecular weight is 299 g/mol. The number of hydrogen-bond donors (Lipinski definition) is 1. The summed E-state index contributed by atoms with van der Waals surface area (Å²) in [5.74, 6) is 2.01. The van der Waals surface area contributed by atoms with Gasteiger partial charge in [-0.3, -0.25) is 0 Å². The normalized spacial score (nSPS) is 16.7. The van der Waals surface area contributed by atoms with Crippen molar-refractivity contribution in [3.8, 4) is 17.2 Å². The maximum absolute atomic E-state index is 5.98. The van der Waals surface area contributed by atoms with Crippen molar-refractivity contribution in [1.29, 1.82) is 0 Å². The summed E-state index contributed by atoms with van der Waals surface area (Å²) in [6, 6.07) is 9.90. The van der Waals surface area contributed by atoms with Gasteiger partial charge in [-0.15, -0.1) is 11.3 Å². The predicted molar refractivity (Wildman–Crippen MR) is 80.5 cm³/mol. The van der Waals surface area contributed by atoms with E-state index in [0.717, 1.165) is 21.8 Å². The molecule has 1 aliphatic heterocycles. The first-order valence-electron chi connectivity index (χ1n) is 6.64. The van der Waals surface area contributed by atoms with Crippen molar-refractivity contribution in [1.82, 2.24) is 10.1 Å². The minimum atomic E-state index is 0.0136. The molecule has 0 saturated heterocycles. The lowest BCUT2D eigenvalue weighted by Gasteiger charge is -2.01. The van der Waals surface area contributed by atoms with Crippen LogP contribution in [-0.4, -0.2) is 16.7 Å². The number of hydrogen-bond acceptors (Lipinski definition) is 6. The number of rotatable bonds is 2. The van der Waals surface area contributed by atoms with Crippen molar-refractivity contribution < 1.29 is 9.26 Å². The first kappa shape index (κ1) is 12.4. The van der Waals surface area contributed by atoms with Gasteiger partial charge in [0.2, 0.25) is 0 Å². The second-order valence-corrected chi connectivity index (χ2v) is 6.28. The Hall–Kier alpha value is -2.34. The fourth-order valence-corrected chi connectivity index (χ4v) is 3.34. The number of aromatic nitrogens is 2. The topological polar surface area (TPSA) is 74.2 Å². The number of nitrogen functional groups attached to an aromatic ring is 1. The van der Waals surface area contributed by atoms with Crippen LogP contribution in [0, 0.1) is 6.92 Å². The van der Waals surface area contributed by atoms with E-state index >= 15 is 0 Å². The lowest BCUT2D eigenvalue weighted by Crippen LogP contribution is -2.04. The van der Waals surface area contributed by atoms with E-state index in [0.29, 0.717) is 23.3 Å². The molecule has 1 aromatic carbocycles. The third-order valence-electron chi connectivity index (χ3n) is 3.57. The Labute approximate surface area is 125 Å². The molecule has 5 nitrogen and oxygen atoms in total. The molecule has 0 bridgehead atoms. The molecule has 6 heteroatoms. The van der Waals surface area contributed by atoms with E-state index in [2.05, 4.69) is 10.1 Å². The number of ether oxygens (including phenoxy) is 1. The zero-order valence-electron chi connectivity index (χ0n) is 11.4. The van der Waals surface area contributed by atoms with Crippen LogP contribution >= 0.6 is 11.3 Å². The van der Waals surface area contributed by atoms with Crippen LogP contribution in [0.5, 0.6) is 5.75 Å². The van der Waals surface area contributed by atoms with Crippen molar-refractivity contribution >= 4 is 16.3 Å². The SMILES string of the molecule is Cc1cc(-c2nc(C3COc4ccccc43)no2)c(N)s1. The maximum atomic E-state index is 5.98. The summed E-state index contributed by atoms with van der Waals surface area (Å²) in [5, 5.41) is 4.81. The van der Waals surface area contributed by atoms with E-state index < -0.39 is 0 Å². The molecule has 106 valence electrons. The Kier molecular flexibility index (Phi) is 2.71. The number of aryl methyl sites for hydroxylation is 1. The summed E-state index contributed by atoms with van der Waals surface area (Å²) in [7, 11) is 0.